The molecule has 1 aliphatic carbocycles. The number of aryl methyl sites for hydroxylation is 1. The summed E-state index contributed by atoms with van der Waals surface area (Å²) >= 11 is 0. The number of benzene rings is 1. The van der Waals surface area contributed by atoms with Crippen LogP contribution < -0.4 is 20.3 Å². The smallest absolute Gasteiger partial charge is 0.262 e. The first-order chi connectivity index (χ1) is 18.0. The minimum atomic E-state index is -0.296. The normalized spacial score (nSPS) is 15.2. The van der Waals surface area contributed by atoms with Crippen molar-refractivity contribution in [2.24, 2.45) is 5.92 Å². The molecule has 1 saturated carbocycles. The van der Waals surface area contributed by atoms with Crippen LogP contribution in [0, 0.1) is 5.92 Å². The van der Waals surface area contributed by atoms with E-state index in [2.05, 4.69) is 10.6 Å². The van der Waals surface area contributed by atoms with Gasteiger partial charge >= 0.3 is 0 Å². The molecule has 0 radical (unpaired) electrons. The highest BCUT2D eigenvalue weighted by molar-refractivity contribution is 6.05. The van der Waals surface area contributed by atoms with Crippen molar-refractivity contribution in [1.29, 1.82) is 0 Å². The second-order valence-corrected chi connectivity index (χ2v) is 9.71. The number of imidazole rings is 1. The maximum atomic E-state index is 13.3. The lowest BCUT2D eigenvalue weighted by atomic mass is 10.0. The van der Waals surface area contributed by atoms with Crippen molar-refractivity contribution < 1.29 is 19.1 Å². The third kappa shape index (κ3) is 5.16. The second kappa shape index (κ2) is 10.6. The Kier molecular flexibility index (Phi) is 7.12. The van der Waals surface area contributed by atoms with Gasteiger partial charge in [0, 0.05) is 30.9 Å². The summed E-state index contributed by atoms with van der Waals surface area (Å²) in [6.45, 7) is 4.48. The number of pyridine rings is 1. The lowest BCUT2D eigenvalue weighted by molar-refractivity contribution is -0.119. The van der Waals surface area contributed by atoms with E-state index in [9.17, 15) is 14.4 Å². The van der Waals surface area contributed by atoms with Crippen LogP contribution in [0.25, 0.3) is 5.65 Å². The van der Waals surface area contributed by atoms with Gasteiger partial charge in [0.2, 0.25) is 5.91 Å². The molecule has 1 aromatic carbocycles. The molecule has 37 heavy (non-hydrogen) atoms. The van der Waals surface area contributed by atoms with Crippen LogP contribution >= 0.6 is 0 Å². The fourth-order valence-corrected chi connectivity index (χ4v) is 5.30. The maximum Gasteiger partial charge on any atom is 0.262 e. The van der Waals surface area contributed by atoms with Crippen molar-refractivity contribution in [2.75, 3.05) is 28.7 Å². The Morgan fingerprint density at radius 2 is 2.00 bits per heavy atom. The molecule has 2 N–H and O–H groups in total. The van der Waals surface area contributed by atoms with E-state index >= 15 is 0 Å². The van der Waals surface area contributed by atoms with E-state index in [0.29, 0.717) is 53.6 Å². The largest absolute Gasteiger partial charge is 0.482 e. The molecule has 0 bridgehead atoms. The van der Waals surface area contributed by atoms with Crippen LogP contribution in [0.5, 0.6) is 5.75 Å². The molecule has 2 aliphatic rings. The molecule has 2 aromatic heterocycles. The van der Waals surface area contributed by atoms with E-state index in [-0.39, 0.29) is 24.3 Å². The predicted octanol–water partition coefficient (Wildman–Crippen LogP) is 4.80. The van der Waals surface area contributed by atoms with Crippen molar-refractivity contribution in [1.82, 2.24) is 9.38 Å². The first kappa shape index (κ1) is 24.8. The van der Waals surface area contributed by atoms with Gasteiger partial charge in [0.05, 0.1) is 16.9 Å². The molecule has 0 unspecified atom stereocenters. The Labute approximate surface area is 216 Å². The average Bonchev–Trinajstić information content (AvgIpc) is 3.55. The molecule has 1 fully saturated rings. The maximum absolute atomic E-state index is 13.3. The first-order valence-electron chi connectivity index (χ1n) is 13.2. The molecular formula is C28H33N5O4. The lowest BCUT2D eigenvalue weighted by Crippen LogP contribution is -2.32. The number of fused-ring (bicyclic) bond motifs is 2. The van der Waals surface area contributed by atoms with Crippen molar-refractivity contribution >= 4 is 40.6 Å². The van der Waals surface area contributed by atoms with E-state index in [1.807, 2.05) is 23.1 Å². The third-order valence-electron chi connectivity index (χ3n) is 7.25. The molecule has 0 saturated heterocycles. The predicted molar refractivity (Wildman–Crippen MR) is 142 cm³/mol. The summed E-state index contributed by atoms with van der Waals surface area (Å²) in [7, 11) is 0. The molecule has 3 aromatic rings. The minimum absolute atomic E-state index is 0.0580. The number of aromatic nitrogens is 2. The van der Waals surface area contributed by atoms with Gasteiger partial charge in [0.25, 0.3) is 11.8 Å². The van der Waals surface area contributed by atoms with Gasteiger partial charge in [-0.05, 0) is 49.9 Å². The van der Waals surface area contributed by atoms with Gasteiger partial charge in [-0.2, -0.15) is 0 Å². The summed E-state index contributed by atoms with van der Waals surface area (Å²) in [4.78, 5) is 44.5. The van der Waals surface area contributed by atoms with Gasteiger partial charge in [-0.3, -0.25) is 23.7 Å². The van der Waals surface area contributed by atoms with Crippen LogP contribution in [0.2, 0.25) is 0 Å². The third-order valence-corrected chi connectivity index (χ3v) is 7.25. The highest BCUT2D eigenvalue weighted by atomic mass is 16.5. The Morgan fingerprint density at radius 1 is 1.19 bits per heavy atom. The van der Waals surface area contributed by atoms with E-state index < -0.39 is 0 Å². The topological polar surface area (TPSA) is 105 Å². The van der Waals surface area contributed by atoms with Gasteiger partial charge in [-0.25, -0.2) is 4.98 Å². The van der Waals surface area contributed by atoms with Gasteiger partial charge in [-0.1, -0.05) is 32.6 Å². The highest BCUT2D eigenvalue weighted by Gasteiger charge is 2.25. The molecule has 0 atom stereocenters. The summed E-state index contributed by atoms with van der Waals surface area (Å²) in [6, 6.07) is 8.63. The summed E-state index contributed by atoms with van der Waals surface area (Å²) in [5, 5.41) is 5.63. The fourth-order valence-electron chi connectivity index (χ4n) is 5.30. The Balaban J connectivity index is 1.39. The number of nitrogens with zero attached hydrogens (tertiary/aromatic N) is 3. The molecule has 5 rings (SSSR count). The molecule has 3 heterocycles. The van der Waals surface area contributed by atoms with Gasteiger partial charge in [0.1, 0.15) is 17.2 Å². The zero-order valence-corrected chi connectivity index (χ0v) is 21.4. The number of carbonyl (C=O) groups is 3. The quantitative estimate of drug-likeness (QED) is 0.459. The van der Waals surface area contributed by atoms with Crippen molar-refractivity contribution in [3.05, 3.63) is 47.8 Å². The summed E-state index contributed by atoms with van der Waals surface area (Å²) in [5.41, 5.74) is 3.10. The Morgan fingerprint density at radius 3 is 2.76 bits per heavy atom. The molecule has 9 nitrogen and oxygen atoms in total. The van der Waals surface area contributed by atoms with Crippen molar-refractivity contribution in [3.8, 4) is 5.75 Å². The number of carbonyl (C=O) groups excluding carboxylic acids is 3. The first-order valence-corrected chi connectivity index (χ1v) is 13.2. The van der Waals surface area contributed by atoms with Gasteiger partial charge < -0.3 is 15.4 Å². The molecule has 1 aliphatic heterocycles. The number of nitrogens with one attached hydrogen (secondary N) is 2. The number of anilines is 3. The monoisotopic (exact) mass is 503 g/mol. The summed E-state index contributed by atoms with van der Waals surface area (Å²) in [6.07, 6.45) is 8.85. The van der Waals surface area contributed by atoms with Crippen LogP contribution in [-0.2, 0) is 16.0 Å². The van der Waals surface area contributed by atoms with Crippen LogP contribution in [0.15, 0.2) is 36.5 Å². The van der Waals surface area contributed by atoms with Crippen LogP contribution in [-0.4, -0.2) is 40.3 Å². The summed E-state index contributed by atoms with van der Waals surface area (Å²) in [5.74, 6) is 1.49. The van der Waals surface area contributed by atoms with Crippen LogP contribution in [0.1, 0.15) is 68.4 Å². The number of ether oxygens (including phenoxy) is 1. The Bertz CT molecular complexity index is 1340. The van der Waals surface area contributed by atoms with E-state index in [1.54, 1.807) is 36.5 Å². The molecule has 3 amide bonds. The van der Waals surface area contributed by atoms with E-state index in [4.69, 9.17) is 9.72 Å². The average molecular weight is 504 g/mol. The molecule has 194 valence electrons. The fraction of sp³-hybridized carbons (Fsp3) is 0.429. The standard InChI is InChI=1S/C28H33N5O4/c1-3-21-28(32(4-2)26(35)14-9-18-7-5-6-8-18)33-16-19(10-13-24(33)30-21)27(36)29-20-11-12-22-23(15-20)37-17-25(34)31-22/h10-13,15-16,18H,3-9,14,17H2,1-2H3,(H,29,36)(H,31,34). The Hall–Kier alpha value is -3.88. The zero-order valence-electron chi connectivity index (χ0n) is 21.4. The minimum Gasteiger partial charge on any atom is -0.482 e. The molecule has 0 spiro atoms. The van der Waals surface area contributed by atoms with Gasteiger partial charge in [-0.15, -0.1) is 0 Å². The van der Waals surface area contributed by atoms with Crippen LogP contribution in [0.3, 0.4) is 0 Å². The lowest BCUT2D eigenvalue weighted by Gasteiger charge is -2.22. The molecule has 9 heteroatoms. The van der Waals surface area contributed by atoms with Crippen molar-refractivity contribution in [2.45, 2.75) is 58.8 Å². The van der Waals surface area contributed by atoms with E-state index in [1.165, 1.54) is 25.7 Å². The highest BCUT2D eigenvalue weighted by Crippen LogP contribution is 2.32. The zero-order chi connectivity index (χ0) is 25.9. The molecular weight excluding hydrogens is 470 g/mol. The second-order valence-electron chi connectivity index (χ2n) is 9.71. The SMILES string of the molecule is CCc1nc2ccc(C(=O)Nc3ccc4c(c3)OCC(=O)N4)cn2c1N(CC)C(=O)CCC1CCCC1. The number of rotatable bonds is 8. The van der Waals surface area contributed by atoms with E-state index in [0.717, 1.165) is 17.9 Å². The number of hydrogen-bond acceptors (Lipinski definition) is 5. The van der Waals surface area contributed by atoms with Gasteiger partial charge in [0.15, 0.2) is 6.61 Å². The van der Waals surface area contributed by atoms with Crippen LogP contribution in [0.4, 0.5) is 17.2 Å². The number of amides is 3. The number of hydrogen-bond donors (Lipinski definition) is 2. The van der Waals surface area contributed by atoms with Crippen molar-refractivity contribution in [3.63, 3.8) is 0 Å². The summed E-state index contributed by atoms with van der Waals surface area (Å²) < 4.78 is 7.31.